The minimum atomic E-state index is 0.561. The van der Waals surface area contributed by atoms with Gasteiger partial charge in [0.25, 0.3) is 0 Å². The second-order valence-electron chi connectivity index (χ2n) is 2.46. The summed E-state index contributed by atoms with van der Waals surface area (Å²) < 4.78 is 0. The fourth-order valence-corrected chi connectivity index (χ4v) is 1.01. The van der Waals surface area contributed by atoms with Crippen LogP contribution in [0.15, 0.2) is 18.2 Å². The molecule has 0 bridgehead atoms. The first-order valence-electron chi connectivity index (χ1n) is 3.28. The summed E-state index contributed by atoms with van der Waals surface area (Å²) in [4.78, 5) is 0. The van der Waals surface area contributed by atoms with Gasteiger partial charge >= 0.3 is 0 Å². The van der Waals surface area contributed by atoms with Gasteiger partial charge in [0.2, 0.25) is 0 Å². The molecule has 1 rings (SSSR count). The van der Waals surface area contributed by atoms with Crippen molar-refractivity contribution in [3.63, 3.8) is 0 Å². The smallest absolute Gasteiger partial charge is 0.113 e. The molecule has 0 amide bonds. The highest BCUT2D eigenvalue weighted by molar-refractivity contribution is 6.32. The zero-order valence-electron chi connectivity index (χ0n) is 6.09. The molecule has 1 nitrogen and oxygen atoms in total. The van der Waals surface area contributed by atoms with Crippen LogP contribution in [0.5, 0.6) is 0 Å². The van der Waals surface area contributed by atoms with Crippen LogP contribution >= 0.6 is 0 Å². The van der Waals surface area contributed by atoms with Crippen LogP contribution in [0.1, 0.15) is 11.1 Å². The van der Waals surface area contributed by atoms with Crippen molar-refractivity contribution >= 4 is 13.3 Å². The van der Waals surface area contributed by atoms with Gasteiger partial charge < -0.3 is 5.73 Å². The number of hydrogen-bond donors (Lipinski definition) is 1. The highest BCUT2D eigenvalue weighted by atomic mass is 14.5. The zero-order valence-corrected chi connectivity index (χ0v) is 6.09. The minimum absolute atomic E-state index is 0.561. The Kier molecular flexibility index (Phi) is 2.12. The summed E-state index contributed by atoms with van der Waals surface area (Å²) >= 11 is 0. The Labute approximate surface area is 62.7 Å². The van der Waals surface area contributed by atoms with E-state index in [9.17, 15) is 0 Å². The molecule has 1 aromatic rings. The molecule has 0 saturated heterocycles. The summed E-state index contributed by atoms with van der Waals surface area (Å²) in [6, 6.07) is 5.86. The van der Waals surface area contributed by atoms with E-state index >= 15 is 0 Å². The zero-order chi connectivity index (χ0) is 7.56. The van der Waals surface area contributed by atoms with Crippen molar-refractivity contribution < 1.29 is 0 Å². The molecule has 0 spiro atoms. The van der Waals surface area contributed by atoms with Crippen molar-refractivity contribution in [2.24, 2.45) is 5.73 Å². The van der Waals surface area contributed by atoms with E-state index in [2.05, 4.69) is 0 Å². The van der Waals surface area contributed by atoms with E-state index in [1.807, 2.05) is 25.1 Å². The molecule has 0 aliphatic heterocycles. The van der Waals surface area contributed by atoms with Gasteiger partial charge in [-0.1, -0.05) is 29.2 Å². The molecule has 2 heteroatoms. The van der Waals surface area contributed by atoms with Crippen LogP contribution in [0, 0.1) is 6.92 Å². The van der Waals surface area contributed by atoms with Gasteiger partial charge in [0.15, 0.2) is 0 Å². The minimum Gasteiger partial charge on any atom is -0.326 e. The number of nitrogens with two attached hydrogens (primary N) is 1. The molecular weight excluding hydrogens is 121 g/mol. The summed E-state index contributed by atoms with van der Waals surface area (Å²) in [5.74, 6) is 0. The maximum atomic E-state index is 5.58. The molecular formula is C8H10BN. The molecule has 0 saturated carbocycles. The first kappa shape index (κ1) is 7.35. The normalized spacial score (nSPS) is 9.80. The SMILES string of the molecule is [B]c1cc(C)cc(CN)c1. The first-order valence-corrected chi connectivity index (χ1v) is 3.28. The third kappa shape index (κ3) is 1.61. The van der Waals surface area contributed by atoms with Gasteiger partial charge in [-0.05, 0) is 12.5 Å². The van der Waals surface area contributed by atoms with Crippen molar-refractivity contribution in [3.8, 4) is 0 Å². The fourth-order valence-electron chi connectivity index (χ4n) is 1.01. The van der Waals surface area contributed by atoms with Gasteiger partial charge in [-0.3, -0.25) is 0 Å². The second kappa shape index (κ2) is 2.89. The molecule has 0 aromatic heterocycles. The third-order valence-electron chi connectivity index (χ3n) is 1.40. The summed E-state index contributed by atoms with van der Waals surface area (Å²) in [7, 11) is 5.58. The lowest BCUT2D eigenvalue weighted by Gasteiger charge is -2.00. The molecule has 0 aliphatic carbocycles. The van der Waals surface area contributed by atoms with Gasteiger partial charge in [0.05, 0.1) is 0 Å². The summed E-state index contributed by atoms with van der Waals surface area (Å²) in [5, 5.41) is 0. The van der Waals surface area contributed by atoms with E-state index in [4.69, 9.17) is 13.6 Å². The largest absolute Gasteiger partial charge is 0.326 e. The van der Waals surface area contributed by atoms with E-state index < -0.39 is 0 Å². The van der Waals surface area contributed by atoms with Crippen LogP contribution < -0.4 is 11.2 Å². The Balaban J connectivity index is 3.06. The molecule has 0 fully saturated rings. The fraction of sp³-hybridized carbons (Fsp3) is 0.250. The van der Waals surface area contributed by atoms with Crippen molar-refractivity contribution in [1.82, 2.24) is 0 Å². The van der Waals surface area contributed by atoms with Crippen molar-refractivity contribution in [2.45, 2.75) is 13.5 Å². The molecule has 0 aliphatic rings. The van der Waals surface area contributed by atoms with Crippen molar-refractivity contribution in [2.75, 3.05) is 0 Å². The van der Waals surface area contributed by atoms with Gasteiger partial charge in [-0.25, -0.2) is 0 Å². The first-order chi connectivity index (χ1) is 4.72. The predicted octanol–water partition coefficient (Wildman–Crippen LogP) is 0.248. The summed E-state index contributed by atoms with van der Waals surface area (Å²) in [6.07, 6.45) is 0. The van der Waals surface area contributed by atoms with Crippen molar-refractivity contribution in [3.05, 3.63) is 29.3 Å². The lowest BCUT2D eigenvalue weighted by Crippen LogP contribution is -2.06. The number of aryl methyl sites for hydroxylation is 1. The van der Waals surface area contributed by atoms with Gasteiger partial charge in [-0.15, -0.1) is 0 Å². The topological polar surface area (TPSA) is 26.0 Å². The second-order valence-corrected chi connectivity index (χ2v) is 2.46. The van der Waals surface area contributed by atoms with E-state index in [1.54, 1.807) is 0 Å². The molecule has 2 N–H and O–H groups in total. The number of rotatable bonds is 1. The maximum Gasteiger partial charge on any atom is 0.113 e. The van der Waals surface area contributed by atoms with Gasteiger partial charge in [-0.2, -0.15) is 0 Å². The summed E-state index contributed by atoms with van der Waals surface area (Å²) in [6.45, 7) is 2.57. The van der Waals surface area contributed by atoms with Crippen LogP contribution in [-0.2, 0) is 6.54 Å². The molecule has 1 aromatic carbocycles. The third-order valence-corrected chi connectivity index (χ3v) is 1.40. The van der Waals surface area contributed by atoms with E-state index in [1.165, 1.54) is 5.56 Å². The average Bonchev–Trinajstić information content (AvgIpc) is 1.85. The van der Waals surface area contributed by atoms with Crippen LogP contribution in [0.4, 0.5) is 0 Å². The van der Waals surface area contributed by atoms with Crippen molar-refractivity contribution in [1.29, 1.82) is 0 Å². The maximum absolute atomic E-state index is 5.58. The Hall–Kier alpha value is -0.755. The average molecular weight is 131 g/mol. The Morgan fingerprint density at radius 3 is 2.60 bits per heavy atom. The lowest BCUT2D eigenvalue weighted by atomic mass is 9.92. The van der Waals surface area contributed by atoms with Gasteiger partial charge in [0, 0.05) is 6.54 Å². The van der Waals surface area contributed by atoms with E-state index in [0.29, 0.717) is 6.54 Å². The monoisotopic (exact) mass is 131 g/mol. The van der Waals surface area contributed by atoms with Crippen LogP contribution in [0.2, 0.25) is 0 Å². The Bertz CT molecular complexity index is 212. The van der Waals surface area contributed by atoms with Gasteiger partial charge in [0.1, 0.15) is 7.85 Å². The summed E-state index contributed by atoms with van der Waals surface area (Å²) in [5.41, 5.74) is 8.49. The Morgan fingerprint density at radius 1 is 1.40 bits per heavy atom. The van der Waals surface area contributed by atoms with Crippen LogP contribution in [0.3, 0.4) is 0 Å². The molecule has 2 radical (unpaired) electrons. The highest BCUT2D eigenvalue weighted by Gasteiger charge is 1.91. The standard InChI is InChI=1S/C8H10BN/c1-6-2-7(5-10)4-8(9)3-6/h2-4H,5,10H2,1H3. The molecule has 50 valence electrons. The lowest BCUT2D eigenvalue weighted by molar-refractivity contribution is 1.07. The van der Waals surface area contributed by atoms with Crippen LogP contribution in [0.25, 0.3) is 0 Å². The van der Waals surface area contributed by atoms with Crippen LogP contribution in [-0.4, -0.2) is 7.85 Å². The van der Waals surface area contributed by atoms with E-state index in [-0.39, 0.29) is 0 Å². The highest BCUT2D eigenvalue weighted by Crippen LogP contribution is 1.99. The molecule has 0 heterocycles. The molecule has 10 heavy (non-hydrogen) atoms. The predicted molar refractivity (Wildman–Crippen MR) is 44.5 cm³/mol. The molecule has 0 atom stereocenters. The quantitative estimate of drug-likeness (QED) is 0.543. The molecule has 0 unspecified atom stereocenters. The Morgan fingerprint density at radius 2 is 2.10 bits per heavy atom. The number of benzene rings is 1. The van der Waals surface area contributed by atoms with E-state index in [0.717, 1.165) is 11.0 Å². The number of hydrogen-bond acceptors (Lipinski definition) is 1.